The molecule has 0 saturated heterocycles. The highest BCUT2D eigenvalue weighted by Crippen LogP contribution is 2.43. The SMILES string of the molecule is CC(=O)c1ccc(OC(F)F)c(C(F)(F)F)c1Br. The normalized spacial score (nSPS) is 11.8. The Morgan fingerprint density at radius 1 is 1.33 bits per heavy atom. The van der Waals surface area contributed by atoms with Crippen LogP contribution in [0.1, 0.15) is 22.8 Å². The van der Waals surface area contributed by atoms with Crippen molar-refractivity contribution in [2.75, 3.05) is 0 Å². The van der Waals surface area contributed by atoms with E-state index in [2.05, 4.69) is 20.7 Å². The largest absolute Gasteiger partial charge is 0.434 e. The van der Waals surface area contributed by atoms with E-state index in [9.17, 15) is 26.7 Å². The zero-order valence-electron chi connectivity index (χ0n) is 8.82. The molecule has 100 valence electrons. The Labute approximate surface area is 107 Å². The summed E-state index contributed by atoms with van der Waals surface area (Å²) in [6.07, 6.45) is -4.92. The van der Waals surface area contributed by atoms with Gasteiger partial charge in [-0.2, -0.15) is 22.0 Å². The minimum absolute atomic E-state index is 0.260. The molecule has 8 heteroatoms. The third-order valence-corrected chi connectivity index (χ3v) is 2.81. The first kappa shape index (κ1) is 14.9. The van der Waals surface area contributed by atoms with Crippen LogP contribution in [-0.4, -0.2) is 12.4 Å². The molecule has 0 amide bonds. The van der Waals surface area contributed by atoms with E-state index in [1.54, 1.807) is 0 Å². The molecule has 0 aliphatic rings. The Morgan fingerprint density at radius 2 is 1.89 bits per heavy atom. The number of benzene rings is 1. The lowest BCUT2D eigenvalue weighted by atomic mass is 10.1. The van der Waals surface area contributed by atoms with Crippen LogP contribution in [0.5, 0.6) is 5.75 Å². The van der Waals surface area contributed by atoms with E-state index in [1.807, 2.05) is 0 Å². The van der Waals surface area contributed by atoms with Crippen LogP contribution in [-0.2, 0) is 6.18 Å². The molecule has 0 saturated carbocycles. The molecule has 0 bridgehead atoms. The number of alkyl halides is 5. The molecule has 1 aromatic rings. The maximum Gasteiger partial charge on any atom is 0.421 e. The van der Waals surface area contributed by atoms with Gasteiger partial charge in [0.2, 0.25) is 0 Å². The van der Waals surface area contributed by atoms with Crippen LogP contribution in [0.3, 0.4) is 0 Å². The Morgan fingerprint density at radius 3 is 2.28 bits per heavy atom. The topological polar surface area (TPSA) is 26.3 Å². The smallest absolute Gasteiger partial charge is 0.421 e. The second-order valence-electron chi connectivity index (χ2n) is 3.23. The number of ketones is 1. The first-order valence-electron chi connectivity index (χ1n) is 4.50. The molecule has 2 nitrogen and oxygen atoms in total. The maximum atomic E-state index is 12.7. The maximum absolute atomic E-state index is 12.7. The van der Waals surface area contributed by atoms with Crippen molar-refractivity contribution in [3.63, 3.8) is 0 Å². The van der Waals surface area contributed by atoms with Crippen LogP contribution in [0.25, 0.3) is 0 Å². The number of carbonyl (C=O) groups excluding carboxylic acids is 1. The van der Waals surface area contributed by atoms with E-state index >= 15 is 0 Å². The lowest BCUT2D eigenvalue weighted by Gasteiger charge is -2.16. The Kier molecular flexibility index (Phi) is 4.31. The van der Waals surface area contributed by atoms with Crippen LogP contribution in [0.2, 0.25) is 0 Å². The Balaban J connectivity index is 3.47. The lowest BCUT2D eigenvalue weighted by molar-refractivity contribution is -0.142. The van der Waals surface area contributed by atoms with Gasteiger partial charge in [-0.3, -0.25) is 4.79 Å². The molecule has 0 aliphatic carbocycles. The number of ether oxygens (including phenoxy) is 1. The van der Waals surface area contributed by atoms with E-state index in [4.69, 9.17) is 0 Å². The monoisotopic (exact) mass is 332 g/mol. The van der Waals surface area contributed by atoms with Crippen LogP contribution >= 0.6 is 15.9 Å². The highest BCUT2D eigenvalue weighted by molar-refractivity contribution is 9.10. The molecule has 0 aliphatic heterocycles. The fraction of sp³-hybridized carbons (Fsp3) is 0.300. The summed E-state index contributed by atoms with van der Waals surface area (Å²) in [6, 6.07) is 1.68. The summed E-state index contributed by atoms with van der Waals surface area (Å²) in [5.74, 6) is -1.66. The van der Waals surface area contributed by atoms with Crippen molar-refractivity contribution in [3.05, 3.63) is 27.7 Å². The number of hydrogen-bond acceptors (Lipinski definition) is 2. The quantitative estimate of drug-likeness (QED) is 0.610. The second-order valence-corrected chi connectivity index (χ2v) is 4.03. The van der Waals surface area contributed by atoms with Crippen molar-refractivity contribution >= 4 is 21.7 Å². The predicted octanol–water partition coefficient (Wildman–Crippen LogP) is 4.27. The van der Waals surface area contributed by atoms with Crippen molar-refractivity contribution in [2.24, 2.45) is 0 Å². The van der Waals surface area contributed by atoms with Gasteiger partial charge in [0, 0.05) is 10.0 Å². The van der Waals surface area contributed by atoms with Crippen LogP contribution in [0.15, 0.2) is 16.6 Å². The van der Waals surface area contributed by atoms with E-state index in [-0.39, 0.29) is 5.56 Å². The molecule has 0 radical (unpaired) electrons. The molecule has 0 N–H and O–H groups in total. The summed E-state index contributed by atoms with van der Waals surface area (Å²) < 4.78 is 65.4. The fourth-order valence-corrected chi connectivity index (χ4v) is 2.12. The first-order valence-corrected chi connectivity index (χ1v) is 5.29. The van der Waals surface area contributed by atoms with Gasteiger partial charge in [-0.15, -0.1) is 0 Å². The third kappa shape index (κ3) is 3.18. The fourth-order valence-electron chi connectivity index (χ4n) is 1.29. The van der Waals surface area contributed by atoms with Crippen LogP contribution in [0.4, 0.5) is 22.0 Å². The number of Topliss-reactive ketones (excluding diaryl/α,β-unsaturated/α-hetero) is 1. The molecule has 1 aromatic carbocycles. The van der Waals surface area contributed by atoms with Crippen molar-refractivity contribution in [1.29, 1.82) is 0 Å². The van der Waals surface area contributed by atoms with Gasteiger partial charge in [-0.25, -0.2) is 0 Å². The number of rotatable bonds is 3. The molecule has 0 aromatic heterocycles. The minimum atomic E-state index is -4.92. The third-order valence-electron chi connectivity index (χ3n) is 1.98. The molecule has 18 heavy (non-hydrogen) atoms. The average molecular weight is 333 g/mol. The molecule has 1 rings (SSSR count). The molecule has 0 heterocycles. The van der Waals surface area contributed by atoms with Crippen LogP contribution in [0, 0.1) is 0 Å². The molecule has 0 unspecified atom stereocenters. The van der Waals surface area contributed by atoms with Gasteiger partial charge < -0.3 is 4.74 Å². The van der Waals surface area contributed by atoms with Gasteiger partial charge in [0.25, 0.3) is 0 Å². The highest BCUT2D eigenvalue weighted by atomic mass is 79.9. The minimum Gasteiger partial charge on any atom is -0.434 e. The summed E-state index contributed by atoms with van der Waals surface area (Å²) in [4.78, 5) is 11.1. The zero-order valence-corrected chi connectivity index (χ0v) is 10.4. The lowest BCUT2D eigenvalue weighted by Crippen LogP contribution is -2.14. The standard InChI is InChI=1S/C10H6BrF5O2/c1-4(17)5-2-3-6(18-9(12)13)7(8(5)11)10(14,15)16/h2-3,9H,1H3. The summed E-state index contributed by atoms with van der Waals surface area (Å²) in [5.41, 5.74) is -1.69. The van der Waals surface area contributed by atoms with E-state index < -0.39 is 34.4 Å². The molecular weight excluding hydrogens is 327 g/mol. The predicted molar refractivity (Wildman–Crippen MR) is 55.8 cm³/mol. The number of hydrogen-bond donors (Lipinski definition) is 0. The summed E-state index contributed by atoms with van der Waals surface area (Å²) in [7, 11) is 0. The van der Waals surface area contributed by atoms with Gasteiger partial charge in [0.15, 0.2) is 5.78 Å². The zero-order chi connectivity index (χ0) is 14.1. The van der Waals surface area contributed by atoms with Gasteiger partial charge in [0.05, 0.1) is 0 Å². The van der Waals surface area contributed by atoms with Crippen molar-refractivity contribution in [3.8, 4) is 5.75 Å². The van der Waals surface area contributed by atoms with Crippen molar-refractivity contribution in [2.45, 2.75) is 19.7 Å². The summed E-state index contributed by atoms with van der Waals surface area (Å²) in [5, 5.41) is 0. The Bertz CT molecular complexity index is 470. The number of carbonyl (C=O) groups is 1. The molecule has 0 spiro atoms. The van der Waals surface area contributed by atoms with Gasteiger partial charge in [0.1, 0.15) is 11.3 Å². The Hall–Kier alpha value is -1.18. The van der Waals surface area contributed by atoms with E-state index in [0.717, 1.165) is 13.0 Å². The number of halogens is 6. The highest BCUT2D eigenvalue weighted by Gasteiger charge is 2.38. The van der Waals surface area contributed by atoms with Crippen LogP contribution < -0.4 is 4.74 Å². The van der Waals surface area contributed by atoms with E-state index in [0.29, 0.717) is 6.07 Å². The molecule has 0 fully saturated rings. The molecular formula is C10H6BrF5O2. The van der Waals surface area contributed by atoms with Gasteiger partial charge in [-0.05, 0) is 35.0 Å². The average Bonchev–Trinajstić information content (AvgIpc) is 2.13. The van der Waals surface area contributed by atoms with Gasteiger partial charge >= 0.3 is 12.8 Å². The summed E-state index contributed by atoms with van der Waals surface area (Å²) >= 11 is 2.59. The molecule has 0 atom stereocenters. The second kappa shape index (κ2) is 5.21. The summed E-state index contributed by atoms with van der Waals surface area (Å²) in [6.45, 7) is -2.32. The van der Waals surface area contributed by atoms with Crippen molar-refractivity contribution < 1.29 is 31.5 Å². The van der Waals surface area contributed by atoms with E-state index in [1.165, 1.54) is 0 Å². The van der Waals surface area contributed by atoms with Crippen molar-refractivity contribution in [1.82, 2.24) is 0 Å². The van der Waals surface area contributed by atoms with Gasteiger partial charge in [-0.1, -0.05) is 0 Å². The first-order chi connectivity index (χ1) is 8.14.